The van der Waals surface area contributed by atoms with Gasteiger partial charge in [0.05, 0.1) is 6.54 Å². The first kappa shape index (κ1) is 19.2. The molecule has 0 radical (unpaired) electrons. The van der Waals surface area contributed by atoms with E-state index in [9.17, 15) is 9.59 Å². The van der Waals surface area contributed by atoms with E-state index in [2.05, 4.69) is 10.6 Å². The van der Waals surface area contributed by atoms with Crippen molar-refractivity contribution in [3.05, 3.63) is 96.6 Å². The Morgan fingerprint density at radius 3 is 1.96 bits per heavy atom. The average molecular weight is 373 g/mol. The number of nitrogens with one attached hydrogen (secondary N) is 2. The third kappa shape index (κ3) is 5.71. The molecule has 0 fully saturated rings. The third-order valence-corrected chi connectivity index (χ3v) is 4.21. The zero-order chi connectivity index (χ0) is 19.6. The van der Waals surface area contributed by atoms with E-state index in [1.807, 2.05) is 91.0 Å². The summed E-state index contributed by atoms with van der Waals surface area (Å²) in [5, 5.41) is 5.48. The van der Waals surface area contributed by atoms with Gasteiger partial charge in [0.25, 0.3) is 0 Å². The van der Waals surface area contributed by atoms with Crippen LogP contribution in [0.1, 0.15) is 12.0 Å². The highest BCUT2D eigenvalue weighted by atomic mass is 16.2. The van der Waals surface area contributed by atoms with Gasteiger partial charge in [0.2, 0.25) is 5.91 Å². The molecular weight excluding hydrogens is 350 g/mol. The molecule has 0 aliphatic rings. The predicted octanol–water partition coefficient (Wildman–Crippen LogP) is 4.43. The summed E-state index contributed by atoms with van der Waals surface area (Å²) in [5.74, 6) is -0.0462. The van der Waals surface area contributed by atoms with Crippen LogP contribution in [0.2, 0.25) is 0 Å². The van der Waals surface area contributed by atoms with Gasteiger partial charge in [-0.3, -0.25) is 4.79 Å². The lowest BCUT2D eigenvalue weighted by Crippen LogP contribution is -2.35. The summed E-state index contributed by atoms with van der Waals surface area (Å²) >= 11 is 0. The molecule has 0 unspecified atom stereocenters. The summed E-state index contributed by atoms with van der Waals surface area (Å²) in [5.41, 5.74) is 2.60. The molecule has 0 atom stereocenters. The molecule has 142 valence electrons. The number of para-hydroxylation sites is 2. The minimum atomic E-state index is -0.326. The molecular formula is C23H23N3O2. The van der Waals surface area contributed by atoms with Crippen LogP contribution >= 0.6 is 0 Å². The van der Waals surface area contributed by atoms with Crippen LogP contribution < -0.4 is 15.5 Å². The lowest BCUT2D eigenvalue weighted by Gasteiger charge is -2.23. The van der Waals surface area contributed by atoms with Crippen LogP contribution in [0, 0.1) is 0 Å². The smallest absolute Gasteiger partial charge is 0.319 e. The maximum absolute atomic E-state index is 12.8. The van der Waals surface area contributed by atoms with E-state index in [4.69, 9.17) is 0 Å². The van der Waals surface area contributed by atoms with Crippen LogP contribution in [-0.2, 0) is 11.3 Å². The fourth-order valence-electron chi connectivity index (χ4n) is 2.81. The number of carbonyl (C=O) groups is 2. The van der Waals surface area contributed by atoms with Crippen molar-refractivity contribution >= 4 is 23.3 Å². The van der Waals surface area contributed by atoms with Crippen molar-refractivity contribution in [1.29, 1.82) is 0 Å². The molecule has 0 heterocycles. The first-order valence-electron chi connectivity index (χ1n) is 9.21. The van der Waals surface area contributed by atoms with Gasteiger partial charge in [0, 0.05) is 24.3 Å². The number of amides is 3. The van der Waals surface area contributed by atoms with E-state index < -0.39 is 0 Å². The van der Waals surface area contributed by atoms with Crippen LogP contribution in [0.5, 0.6) is 0 Å². The van der Waals surface area contributed by atoms with Crippen molar-refractivity contribution in [3.8, 4) is 0 Å². The average Bonchev–Trinajstić information content (AvgIpc) is 2.74. The maximum Gasteiger partial charge on any atom is 0.319 e. The standard InChI is InChI=1S/C23H23N3O2/c27-22(16-17-24-23(28)25-20-12-6-2-7-13-20)26(21-14-8-3-9-15-21)18-19-10-4-1-5-11-19/h1-15H,16-18H2,(H2,24,25,28). The summed E-state index contributed by atoms with van der Waals surface area (Å²) in [6.07, 6.45) is 0.212. The van der Waals surface area contributed by atoms with Crippen molar-refractivity contribution in [1.82, 2.24) is 5.32 Å². The van der Waals surface area contributed by atoms with Gasteiger partial charge < -0.3 is 15.5 Å². The highest BCUT2D eigenvalue weighted by Gasteiger charge is 2.16. The van der Waals surface area contributed by atoms with Gasteiger partial charge in [-0.15, -0.1) is 0 Å². The second kappa shape index (κ2) is 9.92. The van der Waals surface area contributed by atoms with Gasteiger partial charge in [-0.1, -0.05) is 66.7 Å². The Morgan fingerprint density at radius 2 is 1.32 bits per heavy atom. The number of benzene rings is 3. The summed E-state index contributed by atoms with van der Waals surface area (Å²) in [6, 6.07) is 28.3. The molecule has 3 amide bonds. The minimum Gasteiger partial charge on any atom is -0.337 e. The van der Waals surface area contributed by atoms with Crippen molar-refractivity contribution in [3.63, 3.8) is 0 Å². The highest BCUT2D eigenvalue weighted by molar-refractivity contribution is 5.94. The monoisotopic (exact) mass is 373 g/mol. The van der Waals surface area contributed by atoms with E-state index in [1.165, 1.54) is 0 Å². The summed E-state index contributed by atoms with van der Waals surface area (Å²) in [7, 11) is 0. The Kier molecular flexibility index (Phi) is 6.79. The van der Waals surface area contributed by atoms with E-state index >= 15 is 0 Å². The zero-order valence-corrected chi connectivity index (χ0v) is 15.5. The first-order valence-corrected chi connectivity index (χ1v) is 9.21. The van der Waals surface area contributed by atoms with Crippen molar-refractivity contribution in [2.75, 3.05) is 16.8 Å². The summed E-state index contributed by atoms with van der Waals surface area (Å²) in [4.78, 5) is 26.6. The van der Waals surface area contributed by atoms with Crippen molar-refractivity contribution < 1.29 is 9.59 Å². The number of hydrogen-bond donors (Lipinski definition) is 2. The molecule has 0 aliphatic heterocycles. The number of rotatable bonds is 7. The van der Waals surface area contributed by atoms with E-state index in [0.29, 0.717) is 12.2 Å². The van der Waals surface area contributed by atoms with Crippen LogP contribution in [-0.4, -0.2) is 18.5 Å². The van der Waals surface area contributed by atoms with Gasteiger partial charge in [0.1, 0.15) is 0 Å². The lowest BCUT2D eigenvalue weighted by atomic mass is 10.2. The quantitative estimate of drug-likeness (QED) is 0.643. The first-order chi connectivity index (χ1) is 13.7. The summed E-state index contributed by atoms with van der Waals surface area (Å²) < 4.78 is 0. The molecule has 0 aromatic heterocycles. The normalized spacial score (nSPS) is 10.1. The highest BCUT2D eigenvalue weighted by Crippen LogP contribution is 2.18. The Morgan fingerprint density at radius 1 is 0.750 bits per heavy atom. The number of hydrogen-bond acceptors (Lipinski definition) is 2. The molecule has 5 nitrogen and oxygen atoms in total. The van der Waals surface area contributed by atoms with Gasteiger partial charge >= 0.3 is 6.03 Å². The zero-order valence-electron chi connectivity index (χ0n) is 15.5. The molecule has 2 N–H and O–H groups in total. The second-order valence-corrected chi connectivity index (χ2v) is 6.30. The van der Waals surface area contributed by atoms with E-state index in [0.717, 1.165) is 11.3 Å². The largest absolute Gasteiger partial charge is 0.337 e. The molecule has 3 rings (SSSR count). The second-order valence-electron chi connectivity index (χ2n) is 6.30. The molecule has 0 saturated heterocycles. The van der Waals surface area contributed by atoms with E-state index in [-0.39, 0.29) is 24.9 Å². The third-order valence-electron chi connectivity index (χ3n) is 4.21. The molecule has 0 saturated carbocycles. The number of urea groups is 1. The lowest BCUT2D eigenvalue weighted by molar-refractivity contribution is -0.118. The van der Waals surface area contributed by atoms with Gasteiger partial charge in [0.15, 0.2) is 0 Å². The Hall–Kier alpha value is -3.60. The molecule has 3 aromatic rings. The van der Waals surface area contributed by atoms with Crippen LogP contribution in [0.4, 0.5) is 16.2 Å². The number of nitrogens with zero attached hydrogens (tertiary/aromatic N) is 1. The van der Waals surface area contributed by atoms with E-state index in [1.54, 1.807) is 4.90 Å². The fraction of sp³-hybridized carbons (Fsp3) is 0.130. The van der Waals surface area contributed by atoms with Crippen LogP contribution in [0.25, 0.3) is 0 Å². The minimum absolute atomic E-state index is 0.0462. The van der Waals surface area contributed by atoms with Gasteiger partial charge in [-0.2, -0.15) is 0 Å². The topological polar surface area (TPSA) is 61.4 Å². The molecule has 0 aliphatic carbocycles. The van der Waals surface area contributed by atoms with Crippen LogP contribution in [0.3, 0.4) is 0 Å². The van der Waals surface area contributed by atoms with Gasteiger partial charge in [-0.05, 0) is 29.8 Å². The summed E-state index contributed by atoms with van der Waals surface area (Å²) in [6.45, 7) is 0.746. The SMILES string of the molecule is O=C(NCCC(=O)N(Cc1ccccc1)c1ccccc1)Nc1ccccc1. The molecule has 28 heavy (non-hydrogen) atoms. The van der Waals surface area contributed by atoms with Crippen molar-refractivity contribution in [2.45, 2.75) is 13.0 Å². The number of anilines is 2. The van der Waals surface area contributed by atoms with Gasteiger partial charge in [-0.25, -0.2) is 4.79 Å². The predicted molar refractivity (Wildman–Crippen MR) is 112 cm³/mol. The van der Waals surface area contributed by atoms with Crippen molar-refractivity contribution in [2.24, 2.45) is 0 Å². The molecule has 3 aromatic carbocycles. The molecule has 0 spiro atoms. The Balaban J connectivity index is 1.57. The van der Waals surface area contributed by atoms with Crippen LogP contribution in [0.15, 0.2) is 91.0 Å². The molecule has 0 bridgehead atoms. The number of carbonyl (C=O) groups excluding carboxylic acids is 2. The fourth-order valence-corrected chi connectivity index (χ4v) is 2.81. The Bertz CT molecular complexity index is 883. The molecule has 5 heteroatoms. The Labute approximate surface area is 165 Å². The maximum atomic E-state index is 12.8.